The number of hydrogen-bond donors (Lipinski definition) is 0. The zero-order valence-corrected chi connectivity index (χ0v) is 16.6. The molecule has 0 N–H and O–H groups in total. The van der Waals surface area contributed by atoms with Crippen molar-refractivity contribution in [3.63, 3.8) is 0 Å². The minimum atomic E-state index is -0.460. The summed E-state index contributed by atoms with van der Waals surface area (Å²) in [7, 11) is 3.11. The first-order chi connectivity index (χ1) is 12.5. The average molecular weight is 396 g/mol. The highest BCUT2D eigenvalue weighted by Gasteiger charge is 2.34. The van der Waals surface area contributed by atoms with Crippen molar-refractivity contribution < 1.29 is 23.8 Å². The number of nitrogens with zero attached hydrogens (tertiary/aromatic N) is 1. The topological polar surface area (TPSA) is 65.1 Å². The maximum atomic E-state index is 12.6. The Balaban J connectivity index is 2.13. The zero-order valence-electron chi connectivity index (χ0n) is 14.9. The molecule has 1 aliphatic heterocycles. The first-order valence-electron chi connectivity index (χ1n) is 8.13. The van der Waals surface area contributed by atoms with Gasteiger partial charge in [0.1, 0.15) is 22.4 Å². The molecule has 2 rings (SSSR count). The quantitative estimate of drug-likeness (QED) is 0.290. The Morgan fingerprint density at radius 1 is 1.31 bits per heavy atom. The number of carbonyl (C=O) groups excluding carboxylic acids is 2. The van der Waals surface area contributed by atoms with Crippen LogP contribution >= 0.6 is 24.0 Å². The highest BCUT2D eigenvalue weighted by atomic mass is 32.2. The molecule has 0 radical (unpaired) electrons. The Kier molecular flexibility index (Phi) is 7.47. The van der Waals surface area contributed by atoms with Crippen LogP contribution in [0.4, 0.5) is 0 Å². The lowest BCUT2D eigenvalue weighted by Gasteiger charge is -2.13. The predicted octanol–water partition coefficient (Wildman–Crippen LogP) is 3.25. The van der Waals surface area contributed by atoms with Crippen LogP contribution in [-0.4, -0.2) is 48.5 Å². The SMILES string of the molecule is CCCCOC(=O)CN1C(=O)/C(=C/c2ccc(OC)cc2OC)SC1=S. The molecule has 1 saturated heterocycles. The normalized spacial score (nSPS) is 15.5. The van der Waals surface area contributed by atoms with E-state index < -0.39 is 5.97 Å². The number of methoxy groups -OCH3 is 2. The molecule has 1 heterocycles. The average Bonchev–Trinajstić information content (AvgIpc) is 2.89. The molecular formula is C18H21NO5S2. The highest BCUT2D eigenvalue weighted by Crippen LogP contribution is 2.35. The lowest BCUT2D eigenvalue weighted by Crippen LogP contribution is -2.34. The van der Waals surface area contributed by atoms with Crippen molar-refractivity contribution in [3.05, 3.63) is 28.7 Å². The number of hydrogen-bond acceptors (Lipinski definition) is 7. The van der Waals surface area contributed by atoms with Gasteiger partial charge in [-0.3, -0.25) is 14.5 Å². The molecule has 1 aliphatic rings. The van der Waals surface area contributed by atoms with Crippen LogP contribution in [0, 0.1) is 0 Å². The van der Waals surface area contributed by atoms with Gasteiger partial charge in [-0.25, -0.2) is 0 Å². The standard InChI is InChI=1S/C18H21NO5S2/c1-4-5-8-24-16(20)11-19-17(21)15(26-18(19)25)9-12-6-7-13(22-2)10-14(12)23-3/h6-7,9-10H,4-5,8,11H2,1-3H3/b15-9-. The molecule has 6 nitrogen and oxygen atoms in total. The van der Waals surface area contributed by atoms with Gasteiger partial charge in [0, 0.05) is 11.6 Å². The van der Waals surface area contributed by atoms with E-state index >= 15 is 0 Å². The molecule has 0 unspecified atom stereocenters. The van der Waals surface area contributed by atoms with Crippen LogP contribution in [-0.2, 0) is 14.3 Å². The van der Waals surface area contributed by atoms with E-state index in [0.717, 1.165) is 30.2 Å². The van der Waals surface area contributed by atoms with Crippen LogP contribution < -0.4 is 9.47 Å². The smallest absolute Gasteiger partial charge is 0.326 e. The molecule has 1 fully saturated rings. The van der Waals surface area contributed by atoms with Crippen molar-refractivity contribution in [2.45, 2.75) is 19.8 Å². The fourth-order valence-corrected chi connectivity index (χ4v) is 3.47. The van der Waals surface area contributed by atoms with Crippen molar-refractivity contribution in [3.8, 4) is 11.5 Å². The largest absolute Gasteiger partial charge is 0.497 e. The second-order valence-corrected chi connectivity index (χ2v) is 7.13. The lowest BCUT2D eigenvalue weighted by atomic mass is 10.1. The molecular weight excluding hydrogens is 374 g/mol. The van der Waals surface area contributed by atoms with Gasteiger partial charge in [-0.05, 0) is 24.6 Å². The third-order valence-electron chi connectivity index (χ3n) is 3.65. The van der Waals surface area contributed by atoms with Crippen LogP contribution in [0.25, 0.3) is 6.08 Å². The summed E-state index contributed by atoms with van der Waals surface area (Å²) in [5.41, 5.74) is 0.722. The maximum Gasteiger partial charge on any atom is 0.326 e. The van der Waals surface area contributed by atoms with E-state index in [9.17, 15) is 9.59 Å². The summed E-state index contributed by atoms with van der Waals surface area (Å²) in [5, 5.41) is 0. The van der Waals surface area contributed by atoms with Crippen molar-refractivity contribution >= 4 is 46.3 Å². The fraction of sp³-hybridized carbons (Fsp3) is 0.389. The number of esters is 1. The fourth-order valence-electron chi connectivity index (χ4n) is 2.22. The maximum absolute atomic E-state index is 12.6. The number of benzene rings is 1. The van der Waals surface area contributed by atoms with Crippen molar-refractivity contribution in [1.82, 2.24) is 4.90 Å². The van der Waals surface area contributed by atoms with E-state index in [-0.39, 0.29) is 12.5 Å². The molecule has 0 bridgehead atoms. The third kappa shape index (κ3) is 4.98. The van der Waals surface area contributed by atoms with Crippen LogP contribution in [0.5, 0.6) is 11.5 Å². The minimum absolute atomic E-state index is 0.175. The van der Waals surface area contributed by atoms with Gasteiger partial charge in [0.2, 0.25) is 0 Å². The second kappa shape index (κ2) is 9.59. The second-order valence-electron chi connectivity index (χ2n) is 5.45. The number of ether oxygens (including phenoxy) is 3. The van der Waals surface area contributed by atoms with E-state index in [1.165, 1.54) is 4.90 Å². The first kappa shape index (κ1) is 20.3. The first-order valence-corrected chi connectivity index (χ1v) is 9.35. The van der Waals surface area contributed by atoms with E-state index in [0.29, 0.717) is 27.3 Å². The summed E-state index contributed by atoms with van der Waals surface area (Å²) in [6.45, 7) is 2.18. The van der Waals surface area contributed by atoms with Crippen LogP contribution in [0.3, 0.4) is 0 Å². The molecule has 0 aromatic heterocycles. The van der Waals surface area contributed by atoms with Gasteiger partial charge in [0.25, 0.3) is 5.91 Å². The number of rotatable bonds is 8. The van der Waals surface area contributed by atoms with E-state index in [1.54, 1.807) is 38.5 Å². The van der Waals surface area contributed by atoms with Gasteiger partial charge in [0.15, 0.2) is 0 Å². The van der Waals surface area contributed by atoms with Gasteiger partial charge in [0.05, 0.1) is 25.7 Å². The molecule has 0 aliphatic carbocycles. The molecule has 0 spiro atoms. The van der Waals surface area contributed by atoms with Crippen LogP contribution in [0.1, 0.15) is 25.3 Å². The molecule has 1 aromatic rings. The number of carbonyl (C=O) groups is 2. The Labute approximate surface area is 162 Å². The third-order valence-corrected chi connectivity index (χ3v) is 5.03. The summed E-state index contributed by atoms with van der Waals surface area (Å²) in [6, 6.07) is 5.31. The van der Waals surface area contributed by atoms with Gasteiger partial charge >= 0.3 is 5.97 Å². The summed E-state index contributed by atoms with van der Waals surface area (Å²) < 4.78 is 15.9. The minimum Gasteiger partial charge on any atom is -0.497 e. The van der Waals surface area contributed by atoms with Crippen molar-refractivity contribution in [2.24, 2.45) is 0 Å². The summed E-state index contributed by atoms with van der Waals surface area (Å²) in [6.07, 6.45) is 3.42. The van der Waals surface area contributed by atoms with Crippen LogP contribution in [0.2, 0.25) is 0 Å². The predicted molar refractivity (Wildman–Crippen MR) is 105 cm³/mol. The van der Waals surface area contributed by atoms with Crippen molar-refractivity contribution in [2.75, 3.05) is 27.4 Å². The number of unbranched alkanes of at least 4 members (excludes halogenated alkanes) is 1. The number of amides is 1. The van der Waals surface area contributed by atoms with Gasteiger partial charge in [-0.1, -0.05) is 37.3 Å². The highest BCUT2D eigenvalue weighted by molar-refractivity contribution is 8.26. The molecule has 0 saturated carbocycles. The summed E-state index contributed by atoms with van der Waals surface area (Å²) in [4.78, 5) is 26.1. The molecule has 1 aromatic carbocycles. The molecule has 0 atom stereocenters. The Morgan fingerprint density at radius 3 is 2.73 bits per heavy atom. The summed E-state index contributed by atoms with van der Waals surface area (Å²) >= 11 is 6.38. The molecule has 1 amide bonds. The Hall–Kier alpha value is -2.06. The van der Waals surface area contributed by atoms with E-state index in [2.05, 4.69) is 0 Å². The molecule has 26 heavy (non-hydrogen) atoms. The molecule has 8 heteroatoms. The van der Waals surface area contributed by atoms with E-state index in [1.807, 2.05) is 6.92 Å². The number of thioether (sulfide) groups is 1. The monoisotopic (exact) mass is 395 g/mol. The Bertz CT molecular complexity index is 732. The lowest BCUT2D eigenvalue weighted by molar-refractivity contribution is -0.146. The van der Waals surface area contributed by atoms with Gasteiger partial charge in [-0.15, -0.1) is 0 Å². The van der Waals surface area contributed by atoms with E-state index in [4.69, 9.17) is 26.4 Å². The Morgan fingerprint density at radius 2 is 2.08 bits per heavy atom. The van der Waals surface area contributed by atoms with Gasteiger partial charge < -0.3 is 14.2 Å². The zero-order chi connectivity index (χ0) is 19.1. The van der Waals surface area contributed by atoms with Crippen LogP contribution in [0.15, 0.2) is 23.1 Å². The molecule has 140 valence electrons. The van der Waals surface area contributed by atoms with Crippen molar-refractivity contribution in [1.29, 1.82) is 0 Å². The summed E-state index contributed by atoms with van der Waals surface area (Å²) in [5.74, 6) is 0.457. The van der Waals surface area contributed by atoms with Gasteiger partial charge in [-0.2, -0.15) is 0 Å². The number of thiocarbonyl (C=S) groups is 1.